The van der Waals surface area contributed by atoms with Gasteiger partial charge in [-0.3, -0.25) is 9.69 Å². The maximum atomic E-state index is 13.1. The molecule has 1 heterocycles. The molecule has 0 bridgehead atoms. The number of hydrogen-bond acceptors (Lipinski definition) is 2. The van der Waals surface area contributed by atoms with Gasteiger partial charge in [0.1, 0.15) is 5.82 Å². The van der Waals surface area contributed by atoms with E-state index < -0.39 is 5.82 Å². The third-order valence-corrected chi connectivity index (χ3v) is 5.36. The topological polar surface area (TPSA) is 32.3 Å². The summed E-state index contributed by atoms with van der Waals surface area (Å²) in [6.07, 6.45) is 3.78. The van der Waals surface area contributed by atoms with Crippen LogP contribution in [0.3, 0.4) is 0 Å². The van der Waals surface area contributed by atoms with E-state index >= 15 is 0 Å². The van der Waals surface area contributed by atoms with Crippen LogP contribution in [0.25, 0.3) is 0 Å². The molecule has 5 heteroatoms. The minimum atomic E-state index is -0.451. The lowest BCUT2D eigenvalue weighted by molar-refractivity contribution is 0.0950. The molecular weight excluding hydrogens is 351 g/mol. The zero-order valence-corrected chi connectivity index (χ0v) is 15.7. The van der Waals surface area contributed by atoms with Crippen molar-refractivity contribution in [1.29, 1.82) is 0 Å². The van der Waals surface area contributed by atoms with Crippen LogP contribution in [0.4, 0.5) is 4.39 Å². The number of rotatable bonds is 5. The van der Waals surface area contributed by atoms with Crippen LogP contribution in [-0.4, -0.2) is 23.4 Å². The molecule has 2 aromatic carbocycles. The van der Waals surface area contributed by atoms with Crippen LogP contribution in [0.15, 0.2) is 42.5 Å². The number of piperidine rings is 1. The van der Waals surface area contributed by atoms with Crippen LogP contribution in [0.2, 0.25) is 5.02 Å². The fourth-order valence-electron chi connectivity index (χ4n) is 3.44. The van der Waals surface area contributed by atoms with E-state index in [1.807, 2.05) is 18.2 Å². The van der Waals surface area contributed by atoms with E-state index in [1.54, 1.807) is 0 Å². The third-order valence-electron chi connectivity index (χ3n) is 5.05. The lowest BCUT2D eigenvalue weighted by Gasteiger charge is -2.33. The van der Waals surface area contributed by atoms with E-state index in [9.17, 15) is 9.18 Å². The predicted molar refractivity (Wildman–Crippen MR) is 103 cm³/mol. The highest BCUT2D eigenvalue weighted by Crippen LogP contribution is 2.21. The fourth-order valence-corrected chi connectivity index (χ4v) is 3.69. The Bertz CT molecular complexity index is 780. The molecule has 3 rings (SSSR count). The Morgan fingerprint density at radius 3 is 2.73 bits per heavy atom. The Hall–Kier alpha value is -1.91. The van der Waals surface area contributed by atoms with Crippen LogP contribution in [0.1, 0.15) is 47.7 Å². The Kier molecular flexibility index (Phi) is 6.28. The minimum Gasteiger partial charge on any atom is -0.348 e. The number of nitrogens with zero attached hydrogens (tertiary/aromatic N) is 1. The van der Waals surface area contributed by atoms with Crippen molar-refractivity contribution in [3.05, 3.63) is 70.0 Å². The summed E-state index contributed by atoms with van der Waals surface area (Å²) in [5, 5.41) is 3.02. The Morgan fingerprint density at radius 1 is 1.23 bits per heavy atom. The zero-order valence-electron chi connectivity index (χ0n) is 15.0. The van der Waals surface area contributed by atoms with Crippen molar-refractivity contribution < 1.29 is 9.18 Å². The highest BCUT2D eigenvalue weighted by Gasteiger charge is 2.19. The maximum Gasteiger partial charge on any atom is 0.253 e. The number of hydrogen-bond donors (Lipinski definition) is 1. The molecule has 1 amide bonds. The summed E-state index contributed by atoms with van der Waals surface area (Å²) in [6, 6.07) is 12.6. The van der Waals surface area contributed by atoms with Crippen molar-refractivity contribution in [3.63, 3.8) is 0 Å². The molecule has 1 atom stereocenters. The highest BCUT2D eigenvalue weighted by molar-refractivity contribution is 6.33. The van der Waals surface area contributed by atoms with Crippen LogP contribution in [0.5, 0.6) is 0 Å². The molecule has 1 saturated heterocycles. The molecule has 0 aliphatic carbocycles. The molecule has 3 nitrogen and oxygen atoms in total. The van der Waals surface area contributed by atoms with Crippen molar-refractivity contribution in [2.24, 2.45) is 0 Å². The van der Waals surface area contributed by atoms with Gasteiger partial charge in [-0.1, -0.05) is 42.3 Å². The molecule has 1 N–H and O–H groups in total. The fraction of sp³-hybridized carbons (Fsp3) is 0.381. The van der Waals surface area contributed by atoms with Crippen molar-refractivity contribution in [2.75, 3.05) is 6.54 Å². The van der Waals surface area contributed by atoms with E-state index in [1.165, 1.54) is 37.0 Å². The first kappa shape index (κ1) is 18.9. The number of benzene rings is 2. The van der Waals surface area contributed by atoms with Crippen LogP contribution in [0, 0.1) is 5.82 Å². The summed E-state index contributed by atoms with van der Waals surface area (Å²) in [4.78, 5) is 14.9. The Balaban J connectivity index is 1.67. The van der Waals surface area contributed by atoms with E-state index in [2.05, 4.69) is 23.2 Å². The van der Waals surface area contributed by atoms with Crippen molar-refractivity contribution in [1.82, 2.24) is 10.2 Å². The number of amides is 1. The van der Waals surface area contributed by atoms with Gasteiger partial charge in [0.15, 0.2) is 0 Å². The molecule has 0 aromatic heterocycles. The van der Waals surface area contributed by atoms with Crippen molar-refractivity contribution >= 4 is 17.5 Å². The van der Waals surface area contributed by atoms with Gasteiger partial charge in [0, 0.05) is 19.1 Å². The summed E-state index contributed by atoms with van der Waals surface area (Å²) in [7, 11) is 0. The van der Waals surface area contributed by atoms with Gasteiger partial charge >= 0.3 is 0 Å². The first-order valence-corrected chi connectivity index (χ1v) is 9.46. The third kappa shape index (κ3) is 4.63. The standard InChI is InChI=1S/C21H24ClFN2O/c1-15-6-4-5-11-25(15)14-17-8-3-2-7-16(17)13-24-21(26)19-10-9-18(23)12-20(19)22/h2-3,7-10,12,15H,4-6,11,13-14H2,1H3,(H,24,26). The van der Waals surface area contributed by atoms with E-state index in [-0.39, 0.29) is 16.5 Å². The maximum absolute atomic E-state index is 13.1. The van der Waals surface area contributed by atoms with Crippen LogP contribution >= 0.6 is 11.6 Å². The molecule has 0 radical (unpaired) electrons. The van der Waals surface area contributed by atoms with Gasteiger partial charge < -0.3 is 5.32 Å². The number of carbonyl (C=O) groups excluding carboxylic acids is 1. The number of halogens is 2. The first-order valence-electron chi connectivity index (χ1n) is 9.08. The van der Waals surface area contributed by atoms with Gasteiger partial charge in [-0.15, -0.1) is 0 Å². The second kappa shape index (κ2) is 8.65. The molecule has 0 saturated carbocycles. The van der Waals surface area contributed by atoms with E-state index in [4.69, 9.17) is 11.6 Å². The van der Waals surface area contributed by atoms with Crippen LogP contribution in [-0.2, 0) is 13.1 Å². The molecule has 138 valence electrons. The molecule has 0 spiro atoms. The SMILES string of the molecule is CC1CCCCN1Cc1ccccc1CNC(=O)c1ccc(F)cc1Cl. The number of nitrogens with one attached hydrogen (secondary N) is 1. The molecular formula is C21H24ClFN2O. The van der Waals surface area contributed by atoms with Crippen molar-refractivity contribution in [2.45, 2.75) is 45.3 Å². The minimum absolute atomic E-state index is 0.123. The molecule has 1 unspecified atom stereocenters. The van der Waals surface area contributed by atoms with Gasteiger partial charge in [-0.25, -0.2) is 4.39 Å². The molecule has 1 fully saturated rings. The number of likely N-dealkylation sites (tertiary alicyclic amines) is 1. The van der Waals surface area contributed by atoms with E-state index in [0.717, 1.165) is 24.7 Å². The highest BCUT2D eigenvalue weighted by atomic mass is 35.5. The monoisotopic (exact) mass is 374 g/mol. The molecule has 1 aliphatic rings. The Morgan fingerprint density at radius 2 is 2.00 bits per heavy atom. The largest absolute Gasteiger partial charge is 0.348 e. The lowest BCUT2D eigenvalue weighted by atomic mass is 10.0. The zero-order chi connectivity index (χ0) is 18.5. The van der Waals surface area contributed by atoms with Gasteiger partial charge in [0.2, 0.25) is 0 Å². The average Bonchev–Trinajstić information content (AvgIpc) is 2.62. The predicted octanol–water partition coefficient (Wildman–Crippen LogP) is 4.78. The second-order valence-electron chi connectivity index (χ2n) is 6.89. The lowest BCUT2D eigenvalue weighted by Crippen LogP contribution is -2.37. The molecule has 1 aliphatic heterocycles. The summed E-state index contributed by atoms with van der Waals surface area (Å²) in [5.41, 5.74) is 2.61. The van der Waals surface area contributed by atoms with E-state index in [0.29, 0.717) is 12.6 Å². The van der Waals surface area contributed by atoms with Crippen LogP contribution < -0.4 is 5.32 Å². The molecule has 26 heavy (non-hydrogen) atoms. The smallest absolute Gasteiger partial charge is 0.253 e. The first-order chi connectivity index (χ1) is 12.5. The summed E-state index contributed by atoms with van der Waals surface area (Å²) >= 11 is 5.97. The van der Waals surface area contributed by atoms with Gasteiger partial charge in [-0.05, 0) is 55.6 Å². The Labute approximate surface area is 159 Å². The summed E-state index contributed by atoms with van der Waals surface area (Å²) in [5.74, 6) is -0.747. The average molecular weight is 375 g/mol. The molecule has 2 aromatic rings. The van der Waals surface area contributed by atoms with Gasteiger partial charge in [0.25, 0.3) is 5.91 Å². The van der Waals surface area contributed by atoms with Crippen molar-refractivity contribution in [3.8, 4) is 0 Å². The number of carbonyl (C=O) groups is 1. The van der Waals surface area contributed by atoms with Gasteiger partial charge in [0.05, 0.1) is 10.6 Å². The van der Waals surface area contributed by atoms with Gasteiger partial charge in [-0.2, -0.15) is 0 Å². The normalized spacial score (nSPS) is 17.9. The quantitative estimate of drug-likeness (QED) is 0.816. The second-order valence-corrected chi connectivity index (χ2v) is 7.30. The summed E-state index contributed by atoms with van der Waals surface area (Å²) < 4.78 is 13.1. The summed E-state index contributed by atoms with van der Waals surface area (Å²) in [6.45, 7) is 4.71.